The van der Waals surface area contributed by atoms with E-state index in [0.29, 0.717) is 24.5 Å². The van der Waals surface area contributed by atoms with Crippen molar-refractivity contribution in [2.24, 2.45) is 11.8 Å². The molecule has 2 saturated heterocycles. The van der Waals surface area contributed by atoms with Gasteiger partial charge >= 0.3 is 5.97 Å². The second-order valence-electron chi connectivity index (χ2n) is 4.95. The first-order chi connectivity index (χ1) is 7.65. The number of carbonyl (C=O) groups is 1. The zero-order valence-corrected chi connectivity index (χ0v) is 10.4. The molecule has 2 heterocycles. The van der Waals surface area contributed by atoms with E-state index in [2.05, 4.69) is 17.1 Å². The second-order valence-corrected chi connectivity index (χ2v) is 4.95. The van der Waals surface area contributed by atoms with Gasteiger partial charge in [0.25, 0.3) is 0 Å². The Bertz CT molecular complexity index is 270. The third kappa shape index (κ3) is 1.96. The number of nitrogens with one attached hydrogen (secondary N) is 1. The number of fused-ring (bicyclic) bond motifs is 1. The number of rotatable bonds is 3. The third-order valence-electron chi connectivity index (χ3n) is 4.11. The summed E-state index contributed by atoms with van der Waals surface area (Å²) >= 11 is 0. The van der Waals surface area contributed by atoms with E-state index in [1.54, 1.807) is 0 Å². The van der Waals surface area contributed by atoms with Crippen LogP contribution in [0.3, 0.4) is 0 Å². The molecule has 16 heavy (non-hydrogen) atoms. The molecule has 4 unspecified atom stereocenters. The normalized spacial score (nSPS) is 36.1. The molecule has 0 aromatic heterocycles. The Morgan fingerprint density at radius 3 is 2.94 bits per heavy atom. The van der Waals surface area contributed by atoms with Gasteiger partial charge in [-0.1, -0.05) is 0 Å². The number of nitrogens with zero attached hydrogens (tertiary/aromatic N) is 1. The topological polar surface area (TPSA) is 41.6 Å². The highest BCUT2D eigenvalue weighted by molar-refractivity contribution is 5.75. The minimum Gasteiger partial charge on any atom is -0.465 e. The molecular formula is C12H22N2O2. The van der Waals surface area contributed by atoms with E-state index in [0.717, 1.165) is 19.6 Å². The molecule has 0 bridgehead atoms. The molecule has 2 rings (SSSR count). The van der Waals surface area contributed by atoms with E-state index >= 15 is 0 Å². The van der Waals surface area contributed by atoms with E-state index in [1.807, 2.05) is 13.8 Å². The lowest BCUT2D eigenvalue weighted by atomic mass is 9.95. The highest BCUT2D eigenvalue weighted by Gasteiger charge is 2.44. The molecule has 0 aliphatic carbocycles. The number of carbonyl (C=O) groups excluding carboxylic acids is 1. The van der Waals surface area contributed by atoms with Crippen LogP contribution in [0.4, 0.5) is 0 Å². The zero-order valence-electron chi connectivity index (χ0n) is 10.4. The summed E-state index contributed by atoms with van der Waals surface area (Å²) in [5, 5.41) is 3.43. The molecule has 0 spiro atoms. The summed E-state index contributed by atoms with van der Waals surface area (Å²) in [7, 11) is 0. The fourth-order valence-corrected chi connectivity index (χ4v) is 3.11. The lowest BCUT2D eigenvalue weighted by Gasteiger charge is -2.28. The van der Waals surface area contributed by atoms with E-state index in [9.17, 15) is 4.79 Å². The largest absolute Gasteiger partial charge is 0.465 e. The van der Waals surface area contributed by atoms with Gasteiger partial charge in [-0.2, -0.15) is 0 Å². The van der Waals surface area contributed by atoms with Gasteiger partial charge in [0.15, 0.2) is 0 Å². The predicted octanol–water partition coefficient (Wildman–Crippen LogP) is 0.478. The van der Waals surface area contributed by atoms with Gasteiger partial charge in [-0.15, -0.1) is 0 Å². The summed E-state index contributed by atoms with van der Waals surface area (Å²) in [5.74, 6) is 1.34. The fourth-order valence-electron chi connectivity index (χ4n) is 3.11. The van der Waals surface area contributed by atoms with Gasteiger partial charge in [0.05, 0.1) is 6.61 Å². The van der Waals surface area contributed by atoms with Crippen molar-refractivity contribution >= 4 is 5.97 Å². The van der Waals surface area contributed by atoms with Crippen molar-refractivity contribution in [1.29, 1.82) is 0 Å². The summed E-state index contributed by atoms with van der Waals surface area (Å²) in [4.78, 5) is 14.0. The highest BCUT2D eigenvalue weighted by atomic mass is 16.5. The Hall–Kier alpha value is -0.610. The number of hydrogen-bond acceptors (Lipinski definition) is 4. The van der Waals surface area contributed by atoms with E-state index < -0.39 is 0 Å². The van der Waals surface area contributed by atoms with Gasteiger partial charge < -0.3 is 10.1 Å². The monoisotopic (exact) mass is 226 g/mol. The molecule has 1 N–H and O–H groups in total. The van der Waals surface area contributed by atoms with Crippen LogP contribution in [0.15, 0.2) is 0 Å². The van der Waals surface area contributed by atoms with Gasteiger partial charge in [0.2, 0.25) is 0 Å². The average Bonchev–Trinajstić information content (AvgIpc) is 2.81. The Morgan fingerprint density at radius 2 is 2.31 bits per heavy atom. The van der Waals surface area contributed by atoms with Crippen LogP contribution in [-0.4, -0.2) is 49.2 Å². The van der Waals surface area contributed by atoms with Crippen molar-refractivity contribution in [2.45, 2.75) is 32.9 Å². The number of esters is 1. The molecule has 2 aliphatic heterocycles. The van der Waals surface area contributed by atoms with Crippen LogP contribution < -0.4 is 5.32 Å². The van der Waals surface area contributed by atoms with E-state index in [-0.39, 0.29) is 12.0 Å². The molecule has 4 atom stereocenters. The maximum atomic E-state index is 11.7. The van der Waals surface area contributed by atoms with Crippen molar-refractivity contribution in [2.75, 3.05) is 26.2 Å². The summed E-state index contributed by atoms with van der Waals surface area (Å²) in [5.41, 5.74) is 0. The van der Waals surface area contributed by atoms with Crippen LogP contribution >= 0.6 is 0 Å². The Balaban J connectivity index is 1.98. The third-order valence-corrected chi connectivity index (χ3v) is 4.11. The first-order valence-electron chi connectivity index (χ1n) is 6.28. The average molecular weight is 226 g/mol. The summed E-state index contributed by atoms with van der Waals surface area (Å²) < 4.78 is 5.09. The minimum atomic E-state index is -0.0967. The van der Waals surface area contributed by atoms with Crippen molar-refractivity contribution in [1.82, 2.24) is 10.2 Å². The molecule has 0 saturated carbocycles. The molecule has 0 aromatic carbocycles. The van der Waals surface area contributed by atoms with Gasteiger partial charge in [-0.25, -0.2) is 0 Å². The van der Waals surface area contributed by atoms with Crippen LogP contribution in [0, 0.1) is 11.8 Å². The van der Waals surface area contributed by atoms with Gasteiger partial charge in [0, 0.05) is 12.6 Å². The molecule has 2 aliphatic rings. The van der Waals surface area contributed by atoms with Gasteiger partial charge in [-0.3, -0.25) is 9.69 Å². The van der Waals surface area contributed by atoms with Crippen molar-refractivity contribution in [3.8, 4) is 0 Å². The van der Waals surface area contributed by atoms with E-state index in [4.69, 9.17) is 4.74 Å². The maximum absolute atomic E-state index is 11.7. The van der Waals surface area contributed by atoms with Crippen LogP contribution in [0.5, 0.6) is 0 Å². The summed E-state index contributed by atoms with van der Waals surface area (Å²) in [6.45, 7) is 9.74. The SMILES string of the molecule is CCOC(=O)C(C)N1CC2CNCC2C1C. The van der Waals surface area contributed by atoms with E-state index in [1.165, 1.54) is 0 Å². The quantitative estimate of drug-likeness (QED) is 0.711. The van der Waals surface area contributed by atoms with Gasteiger partial charge in [-0.05, 0) is 45.7 Å². The number of ether oxygens (including phenoxy) is 1. The van der Waals surface area contributed by atoms with Crippen molar-refractivity contribution in [3.05, 3.63) is 0 Å². The molecule has 4 nitrogen and oxygen atoms in total. The summed E-state index contributed by atoms with van der Waals surface area (Å²) in [6, 6.07) is 0.389. The molecule has 0 radical (unpaired) electrons. The molecular weight excluding hydrogens is 204 g/mol. The Labute approximate surface area is 97.3 Å². The van der Waals surface area contributed by atoms with Crippen LogP contribution in [0.1, 0.15) is 20.8 Å². The first-order valence-corrected chi connectivity index (χ1v) is 6.28. The zero-order chi connectivity index (χ0) is 11.7. The summed E-state index contributed by atoms with van der Waals surface area (Å²) in [6.07, 6.45) is 0. The Morgan fingerprint density at radius 1 is 1.56 bits per heavy atom. The predicted molar refractivity (Wildman–Crippen MR) is 62.1 cm³/mol. The number of likely N-dealkylation sites (tertiary alicyclic amines) is 1. The standard InChI is InChI=1S/C12H22N2O2/c1-4-16-12(15)9(3)14-7-10-5-13-6-11(10)8(14)2/h8-11,13H,4-7H2,1-3H3. The van der Waals surface area contributed by atoms with Crippen LogP contribution in [0.2, 0.25) is 0 Å². The molecule has 4 heteroatoms. The lowest BCUT2D eigenvalue weighted by Crippen LogP contribution is -2.44. The Kier molecular flexibility index (Phi) is 3.50. The molecule has 0 aromatic rings. The first kappa shape index (κ1) is 11.9. The second kappa shape index (κ2) is 4.72. The molecule has 92 valence electrons. The van der Waals surface area contributed by atoms with Crippen LogP contribution in [0.25, 0.3) is 0 Å². The smallest absolute Gasteiger partial charge is 0.323 e. The van der Waals surface area contributed by atoms with Crippen molar-refractivity contribution < 1.29 is 9.53 Å². The minimum absolute atomic E-state index is 0.0812. The fraction of sp³-hybridized carbons (Fsp3) is 0.917. The van der Waals surface area contributed by atoms with Crippen LogP contribution in [-0.2, 0) is 9.53 Å². The highest BCUT2D eigenvalue weighted by Crippen LogP contribution is 2.33. The lowest BCUT2D eigenvalue weighted by molar-refractivity contribution is -0.149. The van der Waals surface area contributed by atoms with Crippen molar-refractivity contribution in [3.63, 3.8) is 0 Å². The maximum Gasteiger partial charge on any atom is 0.323 e. The van der Waals surface area contributed by atoms with Gasteiger partial charge in [0.1, 0.15) is 6.04 Å². The molecule has 0 amide bonds. The molecule has 2 fully saturated rings. The number of hydrogen-bond donors (Lipinski definition) is 1.